The normalized spacial score (nSPS) is 22.7. The molecule has 1 aliphatic heterocycles. The fourth-order valence-corrected chi connectivity index (χ4v) is 3.70. The van der Waals surface area contributed by atoms with Crippen molar-refractivity contribution in [2.75, 3.05) is 19.7 Å². The highest BCUT2D eigenvalue weighted by atomic mass is 16.5. The van der Waals surface area contributed by atoms with Gasteiger partial charge < -0.3 is 15.0 Å². The molecule has 2 heterocycles. The molecule has 1 saturated heterocycles. The van der Waals surface area contributed by atoms with Crippen molar-refractivity contribution in [1.82, 2.24) is 20.0 Å². The molecular formula is C19H24N4O2. The number of amides is 2. The van der Waals surface area contributed by atoms with E-state index in [1.165, 1.54) is 11.1 Å². The maximum absolute atomic E-state index is 12.7. The summed E-state index contributed by atoms with van der Waals surface area (Å²) in [6.45, 7) is 4.63. The number of rotatable bonds is 3. The number of fused-ring (bicyclic) bond motifs is 1. The van der Waals surface area contributed by atoms with E-state index in [2.05, 4.69) is 35.5 Å². The Hall–Kier alpha value is -2.34. The van der Waals surface area contributed by atoms with Crippen LogP contribution in [0.2, 0.25) is 0 Å². The van der Waals surface area contributed by atoms with Gasteiger partial charge in [0.1, 0.15) is 6.10 Å². The summed E-state index contributed by atoms with van der Waals surface area (Å²) < 4.78 is 7.74. The number of benzene rings is 1. The first-order valence-corrected chi connectivity index (χ1v) is 9.02. The second-order valence-corrected chi connectivity index (χ2v) is 6.67. The van der Waals surface area contributed by atoms with Gasteiger partial charge >= 0.3 is 6.03 Å². The molecule has 0 radical (unpaired) electrons. The van der Waals surface area contributed by atoms with E-state index in [4.69, 9.17) is 4.74 Å². The lowest BCUT2D eigenvalue weighted by atomic mass is 10.1. The lowest BCUT2D eigenvalue weighted by molar-refractivity contribution is -0.0158. The van der Waals surface area contributed by atoms with E-state index in [0.29, 0.717) is 19.7 Å². The minimum atomic E-state index is -0.101. The van der Waals surface area contributed by atoms with Crippen molar-refractivity contribution < 1.29 is 9.53 Å². The first kappa shape index (κ1) is 16.1. The van der Waals surface area contributed by atoms with E-state index in [0.717, 1.165) is 24.9 Å². The number of ether oxygens (including phenoxy) is 1. The summed E-state index contributed by atoms with van der Waals surface area (Å²) in [5.41, 5.74) is 3.63. The predicted octanol–water partition coefficient (Wildman–Crippen LogP) is 2.67. The van der Waals surface area contributed by atoms with Gasteiger partial charge in [0, 0.05) is 24.8 Å². The SMILES string of the molecule is CCn1cc([C@@H]2CN(C(=O)N[C@H]3CCc4ccccc43)CCO2)cn1. The van der Waals surface area contributed by atoms with E-state index in [-0.39, 0.29) is 18.2 Å². The molecule has 2 aromatic rings. The molecule has 1 fully saturated rings. The Kier molecular flexibility index (Phi) is 4.44. The number of hydrogen-bond acceptors (Lipinski definition) is 3. The molecule has 2 aliphatic rings. The van der Waals surface area contributed by atoms with E-state index in [1.54, 1.807) is 0 Å². The molecule has 0 spiro atoms. The lowest BCUT2D eigenvalue weighted by Crippen LogP contribution is -2.47. The van der Waals surface area contributed by atoms with Crippen molar-refractivity contribution in [1.29, 1.82) is 0 Å². The van der Waals surface area contributed by atoms with Gasteiger partial charge in [-0.25, -0.2) is 4.79 Å². The zero-order chi connectivity index (χ0) is 17.2. The van der Waals surface area contributed by atoms with Gasteiger partial charge in [-0.2, -0.15) is 5.10 Å². The van der Waals surface area contributed by atoms with Crippen molar-refractivity contribution in [3.63, 3.8) is 0 Å². The Bertz CT molecular complexity index is 757. The van der Waals surface area contributed by atoms with Crippen LogP contribution in [0.5, 0.6) is 0 Å². The van der Waals surface area contributed by atoms with E-state index < -0.39 is 0 Å². The van der Waals surface area contributed by atoms with Crippen molar-refractivity contribution in [2.45, 2.75) is 38.5 Å². The third kappa shape index (κ3) is 3.26. The van der Waals surface area contributed by atoms with Gasteiger partial charge in [0.05, 0.1) is 25.4 Å². The molecular weight excluding hydrogens is 316 g/mol. The highest BCUT2D eigenvalue weighted by Crippen LogP contribution is 2.31. The minimum absolute atomic E-state index is 0.00196. The van der Waals surface area contributed by atoms with Crippen LogP contribution in [0.3, 0.4) is 0 Å². The Balaban J connectivity index is 1.40. The Morgan fingerprint density at radius 1 is 1.40 bits per heavy atom. The Labute approximate surface area is 147 Å². The zero-order valence-electron chi connectivity index (χ0n) is 14.5. The number of carbonyl (C=O) groups is 1. The summed E-state index contributed by atoms with van der Waals surface area (Å²) >= 11 is 0. The predicted molar refractivity (Wildman–Crippen MR) is 94.2 cm³/mol. The molecule has 0 bridgehead atoms. The van der Waals surface area contributed by atoms with E-state index in [9.17, 15) is 4.79 Å². The number of urea groups is 1. The lowest BCUT2D eigenvalue weighted by Gasteiger charge is -2.33. The van der Waals surface area contributed by atoms with Crippen LogP contribution in [0.4, 0.5) is 4.79 Å². The fraction of sp³-hybridized carbons (Fsp3) is 0.474. The van der Waals surface area contributed by atoms with Crippen LogP contribution in [-0.4, -0.2) is 40.4 Å². The summed E-state index contributed by atoms with van der Waals surface area (Å²) in [6.07, 6.45) is 5.74. The van der Waals surface area contributed by atoms with E-state index >= 15 is 0 Å². The number of aromatic nitrogens is 2. The van der Waals surface area contributed by atoms with Crippen molar-refractivity contribution in [3.05, 3.63) is 53.3 Å². The molecule has 6 nitrogen and oxygen atoms in total. The molecule has 1 aromatic heterocycles. The molecule has 4 rings (SSSR count). The van der Waals surface area contributed by atoms with Crippen molar-refractivity contribution in [2.24, 2.45) is 0 Å². The van der Waals surface area contributed by atoms with Crippen LogP contribution in [-0.2, 0) is 17.7 Å². The number of aryl methyl sites for hydroxylation is 2. The van der Waals surface area contributed by atoms with Gasteiger partial charge in [-0.15, -0.1) is 0 Å². The largest absolute Gasteiger partial charge is 0.370 e. The smallest absolute Gasteiger partial charge is 0.318 e. The summed E-state index contributed by atoms with van der Waals surface area (Å²) in [5, 5.41) is 7.51. The maximum atomic E-state index is 12.7. The van der Waals surface area contributed by atoms with Gasteiger partial charge in [0.15, 0.2) is 0 Å². The molecule has 1 aliphatic carbocycles. The average Bonchev–Trinajstić information content (AvgIpc) is 3.29. The molecule has 25 heavy (non-hydrogen) atoms. The summed E-state index contributed by atoms with van der Waals surface area (Å²) in [4.78, 5) is 14.6. The second-order valence-electron chi connectivity index (χ2n) is 6.67. The van der Waals surface area contributed by atoms with Crippen LogP contribution in [0, 0.1) is 0 Å². The Morgan fingerprint density at radius 2 is 2.28 bits per heavy atom. The second kappa shape index (κ2) is 6.88. The average molecular weight is 340 g/mol. The third-order valence-corrected chi connectivity index (χ3v) is 5.13. The van der Waals surface area contributed by atoms with Gasteiger partial charge in [0.2, 0.25) is 0 Å². The summed E-state index contributed by atoms with van der Waals surface area (Å²) in [7, 11) is 0. The number of hydrogen-bond donors (Lipinski definition) is 1. The monoisotopic (exact) mass is 340 g/mol. The highest BCUT2D eigenvalue weighted by molar-refractivity contribution is 5.75. The number of nitrogens with one attached hydrogen (secondary N) is 1. The van der Waals surface area contributed by atoms with Crippen LogP contribution >= 0.6 is 0 Å². The van der Waals surface area contributed by atoms with Crippen LogP contribution < -0.4 is 5.32 Å². The zero-order valence-corrected chi connectivity index (χ0v) is 14.5. The first-order chi connectivity index (χ1) is 12.2. The van der Waals surface area contributed by atoms with Gasteiger partial charge in [-0.3, -0.25) is 4.68 Å². The van der Waals surface area contributed by atoms with Crippen LogP contribution in [0.25, 0.3) is 0 Å². The molecule has 6 heteroatoms. The molecule has 1 N–H and O–H groups in total. The van der Waals surface area contributed by atoms with E-state index in [1.807, 2.05) is 28.0 Å². The molecule has 2 amide bonds. The summed E-state index contributed by atoms with van der Waals surface area (Å²) in [6, 6.07) is 8.49. The number of carbonyl (C=O) groups excluding carboxylic acids is 1. The standard InChI is InChI=1S/C19H24N4O2/c1-2-23-12-15(11-20-23)18-13-22(9-10-25-18)19(24)21-17-8-7-14-5-3-4-6-16(14)17/h3-6,11-12,17-18H,2,7-10,13H2,1H3,(H,21,24)/t17-,18-/m0/s1. The molecule has 0 saturated carbocycles. The maximum Gasteiger partial charge on any atom is 0.318 e. The van der Waals surface area contributed by atoms with Gasteiger partial charge in [-0.1, -0.05) is 24.3 Å². The van der Waals surface area contributed by atoms with Crippen LogP contribution in [0.1, 0.15) is 42.2 Å². The molecule has 132 valence electrons. The molecule has 1 aromatic carbocycles. The van der Waals surface area contributed by atoms with Crippen molar-refractivity contribution in [3.8, 4) is 0 Å². The van der Waals surface area contributed by atoms with Gasteiger partial charge in [0.25, 0.3) is 0 Å². The summed E-state index contributed by atoms with van der Waals surface area (Å²) in [5.74, 6) is 0. The topological polar surface area (TPSA) is 59.4 Å². The molecule has 0 unspecified atom stereocenters. The highest BCUT2D eigenvalue weighted by Gasteiger charge is 2.29. The van der Waals surface area contributed by atoms with Crippen LogP contribution in [0.15, 0.2) is 36.7 Å². The molecule has 2 atom stereocenters. The van der Waals surface area contributed by atoms with Gasteiger partial charge in [-0.05, 0) is 30.9 Å². The number of morpholine rings is 1. The minimum Gasteiger partial charge on any atom is -0.370 e. The number of nitrogens with zero attached hydrogens (tertiary/aromatic N) is 3. The Morgan fingerprint density at radius 3 is 3.12 bits per heavy atom. The van der Waals surface area contributed by atoms with Crippen molar-refractivity contribution >= 4 is 6.03 Å². The first-order valence-electron chi connectivity index (χ1n) is 9.02. The quantitative estimate of drug-likeness (QED) is 0.934. The third-order valence-electron chi connectivity index (χ3n) is 5.13. The fourth-order valence-electron chi connectivity index (χ4n) is 3.70.